The molecule has 6 nitrogen and oxygen atoms in total. The third-order valence-electron chi connectivity index (χ3n) is 2.25. The number of carbonyl (C=O) groups is 1. The summed E-state index contributed by atoms with van der Waals surface area (Å²) in [5, 5.41) is 9.92. The molecular weight excluding hydrogens is 264 g/mol. The number of hydrogen-bond donors (Lipinski definition) is 2. The molecule has 0 bridgehead atoms. The first-order chi connectivity index (χ1) is 8.95. The lowest BCUT2D eigenvalue weighted by atomic mass is 10.3. The van der Waals surface area contributed by atoms with Crippen molar-refractivity contribution >= 4 is 23.4 Å². The van der Waals surface area contributed by atoms with Crippen LogP contribution in [-0.2, 0) is 0 Å². The van der Waals surface area contributed by atoms with E-state index in [4.69, 9.17) is 10.8 Å². The number of aryl methyl sites for hydroxylation is 2. The molecule has 0 fully saturated rings. The maximum Gasteiger partial charge on any atom is 0.338 e. The van der Waals surface area contributed by atoms with Gasteiger partial charge in [-0.15, -0.1) is 0 Å². The zero-order valence-electron chi connectivity index (χ0n) is 10.4. The molecule has 0 unspecified atom stereocenters. The van der Waals surface area contributed by atoms with E-state index in [0.717, 1.165) is 23.1 Å². The molecule has 0 aliphatic rings. The van der Waals surface area contributed by atoms with Crippen molar-refractivity contribution in [2.75, 3.05) is 5.73 Å². The number of carboxylic acids is 1. The molecule has 0 aliphatic heterocycles. The van der Waals surface area contributed by atoms with Crippen molar-refractivity contribution in [3.05, 3.63) is 35.3 Å². The minimum atomic E-state index is -1.08. The monoisotopic (exact) mass is 276 g/mol. The second-order valence-corrected chi connectivity index (χ2v) is 4.92. The van der Waals surface area contributed by atoms with Crippen LogP contribution in [0.25, 0.3) is 0 Å². The first-order valence-corrected chi connectivity index (χ1v) is 6.26. The van der Waals surface area contributed by atoms with Gasteiger partial charge in [-0.1, -0.05) is 0 Å². The number of rotatable bonds is 3. The van der Waals surface area contributed by atoms with Crippen LogP contribution in [0.2, 0.25) is 0 Å². The maximum absolute atomic E-state index is 11.1. The van der Waals surface area contributed by atoms with E-state index in [-0.39, 0.29) is 5.56 Å². The van der Waals surface area contributed by atoms with E-state index in [0.29, 0.717) is 15.9 Å². The molecule has 0 saturated heterocycles. The molecule has 0 amide bonds. The molecule has 0 spiro atoms. The van der Waals surface area contributed by atoms with Crippen LogP contribution in [0.5, 0.6) is 0 Å². The largest absolute Gasteiger partial charge is 0.478 e. The van der Waals surface area contributed by atoms with Crippen LogP contribution in [0, 0.1) is 13.8 Å². The zero-order valence-corrected chi connectivity index (χ0v) is 11.2. The quantitative estimate of drug-likeness (QED) is 0.825. The number of hydrogen-bond acceptors (Lipinski definition) is 6. The summed E-state index contributed by atoms with van der Waals surface area (Å²) in [7, 11) is 0. The van der Waals surface area contributed by atoms with Crippen molar-refractivity contribution < 1.29 is 9.90 Å². The van der Waals surface area contributed by atoms with E-state index in [1.165, 1.54) is 12.3 Å². The van der Waals surface area contributed by atoms with Gasteiger partial charge in [-0.3, -0.25) is 0 Å². The molecule has 3 N–H and O–H groups in total. The van der Waals surface area contributed by atoms with Gasteiger partial charge in [-0.05, 0) is 37.7 Å². The van der Waals surface area contributed by atoms with Crippen LogP contribution in [0.15, 0.2) is 28.5 Å². The summed E-state index contributed by atoms with van der Waals surface area (Å²) in [6.07, 6.45) is 1.41. The molecule has 0 aliphatic carbocycles. The average Bonchev–Trinajstić information content (AvgIpc) is 2.30. The molecule has 7 heteroatoms. The third-order valence-corrected chi connectivity index (χ3v) is 3.14. The average molecular weight is 276 g/mol. The summed E-state index contributed by atoms with van der Waals surface area (Å²) in [5.41, 5.74) is 7.54. The van der Waals surface area contributed by atoms with Gasteiger partial charge in [0.15, 0.2) is 5.16 Å². The van der Waals surface area contributed by atoms with Gasteiger partial charge in [0.2, 0.25) is 0 Å². The van der Waals surface area contributed by atoms with Crippen LogP contribution < -0.4 is 5.73 Å². The Morgan fingerprint density at radius 1 is 1.26 bits per heavy atom. The van der Waals surface area contributed by atoms with Gasteiger partial charge >= 0.3 is 5.97 Å². The fraction of sp³-hybridized carbons (Fsp3) is 0.167. The van der Waals surface area contributed by atoms with E-state index in [2.05, 4.69) is 15.0 Å². The van der Waals surface area contributed by atoms with Crippen molar-refractivity contribution in [3.8, 4) is 0 Å². The molecule has 98 valence electrons. The molecule has 0 atom stereocenters. The highest BCUT2D eigenvalue weighted by molar-refractivity contribution is 7.99. The zero-order chi connectivity index (χ0) is 14.0. The van der Waals surface area contributed by atoms with E-state index >= 15 is 0 Å². The molecular formula is C12H12N4O2S. The SMILES string of the molecule is Cc1cc(C)nc(Sc2ncc(N)cc2C(=O)O)n1. The lowest BCUT2D eigenvalue weighted by Crippen LogP contribution is -2.03. The van der Waals surface area contributed by atoms with Crippen LogP contribution >= 0.6 is 11.8 Å². The number of anilines is 1. The fourth-order valence-corrected chi connectivity index (χ4v) is 2.44. The van der Waals surface area contributed by atoms with Crippen molar-refractivity contribution in [2.45, 2.75) is 24.0 Å². The van der Waals surface area contributed by atoms with Gasteiger partial charge in [0.1, 0.15) is 5.03 Å². The van der Waals surface area contributed by atoms with Crippen LogP contribution in [0.1, 0.15) is 21.7 Å². The molecule has 0 saturated carbocycles. The van der Waals surface area contributed by atoms with E-state index < -0.39 is 5.97 Å². The number of nitrogens with two attached hydrogens (primary N) is 1. The van der Waals surface area contributed by atoms with Gasteiger partial charge in [0, 0.05) is 11.4 Å². The summed E-state index contributed by atoms with van der Waals surface area (Å²) in [4.78, 5) is 23.7. The summed E-state index contributed by atoms with van der Waals surface area (Å²) >= 11 is 1.11. The number of nitrogens with zero attached hydrogens (tertiary/aromatic N) is 3. The Morgan fingerprint density at radius 3 is 2.47 bits per heavy atom. The molecule has 2 aromatic rings. The first kappa shape index (κ1) is 13.3. The van der Waals surface area contributed by atoms with Gasteiger partial charge in [0.25, 0.3) is 0 Å². The van der Waals surface area contributed by atoms with Crippen molar-refractivity contribution in [1.82, 2.24) is 15.0 Å². The third kappa shape index (κ3) is 3.19. The molecule has 0 aromatic carbocycles. The molecule has 19 heavy (non-hydrogen) atoms. The summed E-state index contributed by atoms with van der Waals surface area (Å²) in [6.45, 7) is 3.71. The maximum atomic E-state index is 11.1. The topological polar surface area (TPSA) is 102 Å². The minimum Gasteiger partial charge on any atom is -0.478 e. The number of carboxylic acid groups (broad SMARTS) is 1. The van der Waals surface area contributed by atoms with Crippen molar-refractivity contribution in [1.29, 1.82) is 0 Å². The predicted octanol–water partition coefficient (Wildman–Crippen LogP) is 1.92. The van der Waals surface area contributed by atoms with Gasteiger partial charge in [0.05, 0.1) is 17.4 Å². The molecule has 0 radical (unpaired) electrons. The predicted molar refractivity (Wildman–Crippen MR) is 71.2 cm³/mol. The molecule has 2 heterocycles. The van der Waals surface area contributed by atoms with E-state index in [1.54, 1.807) is 0 Å². The van der Waals surface area contributed by atoms with Gasteiger partial charge in [-0.2, -0.15) is 0 Å². The van der Waals surface area contributed by atoms with Crippen LogP contribution in [-0.4, -0.2) is 26.0 Å². The first-order valence-electron chi connectivity index (χ1n) is 5.44. The lowest BCUT2D eigenvalue weighted by molar-refractivity contribution is 0.0692. The highest BCUT2D eigenvalue weighted by Crippen LogP contribution is 2.27. The fourth-order valence-electron chi connectivity index (χ4n) is 1.53. The van der Waals surface area contributed by atoms with E-state index in [9.17, 15) is 4.79 Å². The number of aromatic nitrogens is 3. The lowest BCUT2D eigenvalue weighted by Gasteiger charge is -2.06. The van der Waals surface area contributed by atoms with Gasteiger partial charge < -0.3 is 10.8 Å². The number of aromatic carboxylic acids is 1. The number of nitrogen functional groups attached to an aromatic ring is 1. The van der Waals surface area contributed by atoms with Gasteiger partial charge in [-0.25, -0.2) is 19.7 Å². The second-order valence-electron chi connectivity index (χ2n) is 3.96. The summed E-state index contributed by atoms with van der Waals surface area (Å²) in [5.74, 6) is -1.08. The normalized spacial score (nSPS) is 10.4. The Morgan fingerprint density at radius 2 is 1.89 bits per heavy atom. The highest BCUT2D eigenvalue weighted by atomic mass is 32.2. The Hall–Kier alpha value is -2.15. The molecule has 2 aromatic heterocycles. The Bertz CT molecular complexity index is 625. The van der Waals surface area contributed by atoms with Crippen LogP contribution in [0.4, 0.5) is 5.69 Å². The van der Waals surface area contributed by atoms with Crippen molar-refractivity contribution in [2.24, 2.45) is 0 Å². The second kappa shape index (κ2) is 5.23. The minimum absolute atomic E-state index is 0.0489. The van der Waals surface area contributed by atoms with E-state index in [1.807, 2.05) is 19.9 Å². The molecule has 2 rings (SSSR count). The Kier molecular flexibility index (Phi) is 3.66. The summed E-state index contributed by atoms with van der Waals surface area (Å²) in [6, 6.07) is 3.22. The number of pyridine rings is 1. The van der Waals surface area contributed by atoms with Crippen LogP contribution in [0.3, 0.4) is 0 Å². The Balaban J connectivity index is 2.40. The smallest absolute Gasteiger partial charge is 0.338 e. The Labute approximate surface area is 114 Å². The standard InChI is InChI=1S/C12H12N4O2S/c1-6-3-7(2)16-12(15-6)19-10-9(11(17)18)4-8(13)5-14-10/h3-5H,13H2,1-2H3,(H,17,18). The van der Waals surface area contributed by atoms with Crippen molar-refractivity contribution in [3.63, 3.8) is 0 Å². The summed E-state index contributed by atoms with van der Waals surface area (Å²) < 4.78 is 0. The highest BCUT2D eigenvalue weighted by Gasteiger charge is 2.15.